The van der Waals surface area contributed by atoms with Crippen LogP contribution in [-0.4, -0.2) is 24.6 Å². The van der Waals surface area contributed by atoms with Crippen LogP contribution in [0.1, 0.15) is 0 Å². The van der Waals surface area contributed by atoms with E-state index >= 15 is 0 Å². The summed E-state index contributed by atoms with van der Waals surface area (Å²) in [5.74, 6) is 1.60. The smallest absolute Gasteiger partial charge is 0.300 e. The van der Waals surface area contributed by atoms with Crippen LogP contribution in [0.25, 0.3) is 49.7 Å². The summed E-state index contributed by atoms with van der Waals surface area (Å²) in [7, 11) is 0. The van der Waals surface area contributed by atoms with Crippen LogP contribution in [0.5, 0.6) is 17.6 Å². The minimum absolute atomic E-state index is 0.126. The minimum atomic E-state index is -0.126. The summed E-state index contributed by atoms with van der Waals surface area (Å²) in [5.41, 5.74) is 3.29. The molecule has 0 radical (unpaired) electrons. The number of pyridine rings is 2. The molecule has 1 N–H and O–H groups in total. The van der Waals surface area contributed by atoms with Crippen LogP contribution in [0.15, 0.2) is 115 Å². The average Bonchev–Trinajstić information content (AvgIpc) is 3.28. The lowest BCUT2D eigenvalue weighted by molar-refractivity contribution is 0.422. The van der Waals surface area contributed by atoms with Crippen LogP contribution < -0.4 is 4.74 Å². The second-order valence-electron chi connectivity index (χ2n) is 8.75. The van der Waals surface area contributed by atoms with Gasteiger partial charge in [-0.1, -0.05) is 66.7 Å². The van der Waals surface area contributed by atoms with Crippen molar-refractivity contribution in [2.75, 3.05) is 0 Å². The van der Waals surface area contributed by atoms with Crippen molar-refractivity contribution in [3.63, 3.8) is 0 Å². The minimum Gasteiger partial charge on any atom is -0.480 e. The Bertz CT molecular complexity index is 1940. The topological polar surface area (TPSA) is 73.1 Å². The van der Waals surface area contributed by atoms with Crippen molar-refractivity contribution in [2.45, 2.75) is 0 Å². The van der Waals surface area contributed by atoms with E-state index in [1.54, 1.807) is 4.57 Å². The number of imidazole rings is 1. The Morgan fingerprint density at radius 3 is 2.38 bits per heavy atom. The van der Waals surface area contributed by atoms with E-state index in [9.17, 15) is 5.11 Å². The lowest BCUT2D eigenvalue weighted by Gasteiger charge is -2.13. The van der Waals surface area contributed by atoms with Crippen molar-refractivity contribution in [1.29, 1.82) is 0 Å². The van der Waals surface area contributed by atoms with Gasteiger partial charge in [-0.15, -0.1) is 0 Å². The average molecular weight is 481 g/mol. The molecule has 0 unspecified atom stereocenters. The van der Waals surface area contributed by atoms with Crippen LogP contribution in [0.3, 0.4) is 0 Å². The summed E-state index contributed by atoms with van der Waals surface area (Å²) in [6.07, 6.45) is 1.83. The van der Waals surface area contributed by atoms with Crippen molar-refractivity contribution in [2.24, 2.45) is 0 Å². The van der Waals surface area contributed by atoms with E-state index in [0.29, 0.717) is 23.0 Å². The zero-order chi connectivity index (χ0) is 24.8. The summed E-state index contributed by atoms with van der Waals surface area (Å²) in [4.78, 5) is 13.8. The first kappa shape index (κ1) is 21.1. The normalized spacial score (nSPS) is 11.4. The summed E-state index contributed by atoms with van der Waals surface area (Å²) >= 11 is 0. The Labute approximate surface area is 212 Å². The third-order valence-corrected chi connectivity index (χ3v) is 6.46. The number of para-hydroxylation sites is 2. The Morgan fingerprint density at radius 2 is 1.46 bits per heavy atom. The lowest BCUT2D eigenvalue weighted by atomic mass is 10.0. The molecular formula is C31H20N4O2. The maximum absolute atomic E-state index is 10.7. The van der Waals surface area contributed by atoms with Crippen molar-refractivity contribution in [3.05, 3.63) is 115 Å². The number of aromatic nitrogens is 4. The quantitative estimate of drug-likeness (QED) is 0.286. The van der Waals surface area contributed by atoms with Gasteiger partial charge in [0.05, 0.1) is 16.7 Å². The molecule has 6 heteroatoms. The molecule has 3 aromatic heterocycles. The van der Waals surface area contributed by atoms with Crippen molar-refractivity contribution in [1.82, 2.24) is 19.5 Å². The largest absolute Gasteiger partial charge is 0.480 e. The van der Waals surface area contributed by atoms with Crippen LogP contribution in [0, 0.1) is 0 Å². The summed E-state index contributed by atoms with van der Waals surface area (Å²) in [6.45, 7) is 0. The highest BCUT2D eigenvalue weighted by molar-refractivity contribution is 5.94. The first-order valence-electron chi connectivity index (χ1n) is 11.9. The van der Waals surface area contributed by atoms with Gasteiger partial charge in [-0.25, -0.2) is 4.57 Å². The number of nitrogens with zero attached hydrogens (tertiary/aromatic N) is 4. The zero-order valence-corrected chi connectivity index (χ0v) is 19.6. The fraction of sp³-hybridized carbons (Fsp3) is 0. The van der Waals surface area contributed by atoms with E-state index < -0.39 is 0 Å². The van der Waals surface area contributed by atoms with Gasteiger partial charge in [0.1, 0.15) is 11.6 Å². The van der Waals surface area contributed by atoms with E-state index in [0.717, 1.165) is 38.3 Å². The third-order valence-electron chi connectivity index (χ3n) is 6.46. The van der Waals surface area contributed by atoms with Crippen molar-refractivity contribution >= 4 is 32.6 Å². The molecule has 176 valence electrons. The number of hydrogen-bond acceptors (Lipinski definition) is 5. The molecule has 37 heavy (non-hydrogen) atoms. The highest BCUT2D eigenvalue weighted by Crippen LogP contribution is 2.35. The van der Waals surface area contributed by atoms with Gasteiger partial charge in [0, 0.05) is 22.5 Å². The molecule has 0 aliphatic rings. The number of aromatic hydroxyl groups is 1. The highest BCUT2D eigenvalue weighted by Gasteiger charge is 2.16. The SMILES string of the molecule is Oc1nc2ccccc2n1-c1cc2ccccc2c(Oc2cccc(-c3nccc4ccccc34)c2)n1. The van der Waals surface area contributed by atoms with Gasteiger partial charge in [0.2, 0.25) is 5.88 Å². The molecule has 0 aliphatic heterocycles. The van der Waals surface area contributed by atoms with Crippen LogP contribution in [0.2, 0.25) is 0 Å². The lowest BCUT2D eigenvalue weighted by Crippen LogP contribution is -2.00. The van der Waals surface area contributed by atoms with Gasteiger partial charge >= 0.3 is 6.01 Å². The van der Waals surface area contributed by atoms with Crippen LogP contribution in [-0.2, 0) is 0 Å². The van der Waals surface area contributed by atoms with E-state index in [1.807, 2.05) is 103 Å². The molecule has 0 amide bonds. The van der Waals surface area contributed by atoms with E-state index in [1.165, 1.54) is 0 Å². The molecule has 0 atom stereocenters. The van der Waals surface area contributed by atoms with Crippen molar-refractivity contribution in [3.8, 4) is 34.7 Å². The fourth-order valence-electron chi connectivity index (χ4n) is 4.75. The van der Waals surface area contributed by atoms with E-state index in [-0.39, 0.29) is 6.01 Å². The molecule has 4 aromatic carbocycles. The van der Waals surface area contributed by atoms with Crippen LogP contribution in [0.4, 0.5) is 0 Å². The van der Waals surface area contributed by atoms with Crippen molar-refractivity contribution < 1.29 is 9.84 Å². The Balaban J connectivity index is 1.36. The molecule has 0 saturated heterocycles. The molecule has 0 spiro atoms. The van der Waals surface area contributed by atoms with Gasteiger partial charge in [-0.05, 0) is 53.2 Å². The maximum Gasteiger partial charge on any atom is 0.300 e. The summed E-state index contributed by atoms with van der Waals surface area (Å²) in [5, 5.41) is 14.7. The summed E-state index contributed by atoms with van der Waals surface area (Å²) in [6, 6.07) is 35.3. The Kier molecular flexibility index (Phi) is 4.82. The Morgan fingerprint density at radius 1 is 0.676 bits per heavy atom. The second-order valence-corrected chi connectivity index (χ2v) is 8.75. The Hall–Kier alpha value is -5.23. The molecule has 7 aromatic rings. The monoisotopic (exact) mass is 480 g/mol. The molecule has 7 rings (SSSR count). The van der Waals surface area contributed by atoms with E-state index in [2.05, 4.69) is 22.1 Å². The second kappa shape index (κ2) is 8.46. The molecule has 0 bridgehead atoms. The summed E-state index contributed by atoms with van der Waals surface area (Å²) < 4.78 is 8.03. The molecule has 0 aliphatic carbocycles. The number of rotatable bonds is 4. The van der Waals surface area contributed by atoms with Gasteiger partial charge in [-0.2, -0.15) is 9.97 Å². The highest BCUT2D eigenvalue weighted by atomic mass is 16.5. The number of ether oxygens (including phenoxy) is 1. The fourth-order valence-corrected chi connectivity index (χ4v) is 4.75. The van der Waals surface area contributed by atoms with Gasteiger partial charge < -0.3 is 9.84 Å². The first-order chi connectivity index (χ1) is 18.2. The number of benzene rings is 4. The maximum atomic E-state index is 10.7. The number of fused-ring (bicyclic) bond motifs is 3. The molecule has 0 saturated carbocycles. The molecule has 3 heterocycles. The molecule has 6 nitrogen and oxygen atoms in total. The van der Waals surface area contributed by atoms with Gasteiger partial charge in [0.15, 0.2) is 0 Å². The van der Waals surface area contributed by atoms with Crippen LogP contribution >= 0.6 is 0 Å². The first-order valence-corrected chi connectivity index (χ1v) is 11.9. The molecular weight excluding hydrogens is 460 g/mol. The third kappa shape index (κ3) is 3.63. The van der Waals surface area contributed by atoms with E-state index in [4.69, 9.17) is 9.72 Å². The predicted octanol–water partition coefficient (Wildman–Crippen LogP) is 7.29. The van der Waals surface area contributed by atoms with Gasteiger partial charge in [-0.3, -0.25) is 4.98 Å². The number of hydrogen-bond donors (Lipinski definition) is 1. The zero-order valence-electron chi connectivity index (χ0n) is 19.6. The molecule has 0 fully saturated rings. The standard InChI is InChI=1S/C31H20N4O2/c36-31-33-26-14-5-6-15-27(26)35(31)28-19-21-9-2-4-13-25(21)30(34-28)37-23-11-7-10-22(18-23)29-24-12-3-1-8-20(24)16-17-32-29/h1-19H,(H,33,36). The predicted molar refractivity (Wildman–Crippen MR) is 145 cm³/mol. The van der Waals surface area contributed by atoms with Gasteiger partial charge in [0.25, 0.3) is 0 Å².